The molecule has 0 aliphatic carbocycles. The molecule has 4 bridgehead atoms. The van der Waals surface area contributed by atoms with Crippen LogP contribution in [0.15, 0.2) is 36.4 Å². The maximum absolute atomic E-state index is 13.6. The highest BCUT2D eigenvalue weighted by Gasteiger charge is 2.48. The molecule has 8 heteroatoms. The first-order chi connectivity index (χ1) is 18.8. The molecule has 0 spiro atoms. The Hall–Kier alpha value is -3.39. The Labute approximate surface area is 229 Å². The van der Waals surface area contributed by atoms with E-state index in [0.29, 0.717) is 25.7 Å². The van der Waals surface area contributed by atoms with Crippen molar-refractivity contribution in [2.75, 3.05) is 14.2 Å². The summed E-state index contributed by atoms with van der Waals surface area (Å²) < 4.78 is 22.9. The first-order valence-corrected chi connectivity index (χ1v) is 13.8. The van der Waals surface area contributed by atoms with Crippen molar-refractivity contribution >= 4 is 17.7 Å². The van der Waals surface area contributed by atoms with Gasteiger partial charge in [-0.05, 0) is 73.9 Å². The maximum atomic E-state index is 13.6. The number of methoxy groups -OCH3 is 2. The molecule has 5 unspecified atom stereocenters. The number of hydrogen-bond donors (Lipinski definition) is 0. The molecule has 8 nitrogen and oxygen atoms in total. The summed E-state index contributed by atoms with van der Waals surface area (Å²) in [5.41, 5.74) is 3.93. The standard InChI is InChI=1S/C31H37NO7/c1-18(33)38-23-11-8-20-9-12-28(36-3)24(14-20)25-15-21(10-13-29(25)37-4)27-17-30(39-19(2)34)31(35)26-7-5-6-22(16-23)32(26)27/h9-10,12-15,22-23,26-27,30H,5-8,11,16-17H2,1-4H3. The van der Waals surface area contributed by atoms with Gasteiger partial charge in [-0.15, -0.1) is 0 Å². The highest BCUT2D eigenvalue weighted by molar-refractivity contribution is 5.91. The van der Waals surface area contributed by atoms with Crippen molar-refractivity contribution in [3.05, 3.63) is 47.5 Å². The van der Waals surface area contributed by atoms with Gasteiger partial charge in [-0.1, -0.05) is 12.1 Å². The predicted octanol–water partition coefficient (Wildman–Crippen LogP) is 4.81. The number of rotatable bonds is 4. The Morgan fingerprint density at radius 2 is 1.51 bits per heavy atom. The smallest absolute Gasteiger partial charge is 0.303 e. The lowest BCUT2D eigenvalue weighted by Crippen LogP contribution is -2.60. The first-order valence-electron chi connectivity index (χ1n) is 13.8. The molecule has 2 aromatic carbocycles. The van der Waals surface area contributed by atoms with Crippen LogP contribution < -0.4 is 9.47 Å². The fourth-order valence-electron chi connectivity index (χ4n) is 6.73. The van der Waals surface area contributed by atoms with Crippen molar-refractivity contribution in [1.82, 2.24) is 4.90 Å². The highest BCUT2D eigenvalue weighted by atomic mass is 16.5. The summed E-state index contributed by atoms with van der Waals surface area (Å²) in [6.07, 6.45) is 3.83. The summed E-state index contributed by atoms with van der Waals surface area (Å²) in [7, 11) is 3.30. The summed E-state index contributed by atoms with van der Waals surface area (Å²) in [6, 6.07) is 11.8. The minimum atomic E-state index is -0.795. The quantitative estimate of drug-likeness (QED) is 0.516. The van der Waals surface area contributed by atoms with E-state index in [9.17, 15) is 14.4 Å². The SMILES string of the molecule is COc1ccc2cc1-c1cc(ccc1OC)C1CC(OC(C)=O)C(=O)C3CCCC(CC(OC(C)=O)CC2)N31. The normalized spacial score (nSPS) is 26.7. The van der Waals surface area contributed by atoms with Gasteiger partial charge < -0.3 is 18.9 Å². The number of nitrogens with zero attached hydrogens (tertiary/aromatic N) is 1. The third-order valence-electron chi connectivity index (χ3n) is 8.33. The van der Waals surface area contributed by atoms with Gasteiger partial charge in [0.1, 0.15) is 17.6 Å². The van der Waals surface area contributed by atoms with Gasteiger partial charge in [0.25, 0.3) is 0 Å². The van der Waals surface area contributed by atoms with Gasteiger partial charge >= 0.3 is 11.9 Å². The summed E-state index contributed by atoms with van der Waals surface area (Å²) in [5.74, 6) is 0.653. The Kier molecular flexibility index (Phi) is 7.93. The van der Waals surface area contributed by atoms with Crippen molar-refractivity contribution in [2.24, 2.45) is 0 Å². The molecule has 3 aliphatic heterocycles. The van der Waals surface area contributed by atoms with Crippen LogP contribution in [0.25, 0.3) is 11.1 Å². The zero-order valence-corrected chi connectivity index (χ0v) is 23.1. The van der Waals surface area contributed by atoms with Crippen molar-refractivity contribution in [3.8, 4) is 22.6 Å². The number of ketones is 1. The molecule has 2 fully saturated rings. The lowest BCUT2D eigenvalue weighted by atomic mass is 9.79. The summed E-state index contributed by atoms with van der Waals surface area (Å²) >= 11 is 0. The van der Waals surface area contributed by atoms with Crippen LogP contribution >= 0.6 is 0 Å². The van der Waals surface area contributed by atoms with E-state index in [0.717, 1.165) is 53.0 Å². The average molecular weight is 536 g/mol. The number of fused-ring (bicyclic) bond motifs is 6. The number of carbonyl (C=O) groups is 3. The van der Waals surface area contributed by atoms with Crippen LogP contribution in [0.1, 0.15) is 69.5 Å². The van der Waals surface area contributed by atoms with Gasteiger partial charge in [0.05, 0.1) is 20.3 Å². The molecule has 0 aromatic heterocycles. The first kappa shape index (κ1) is 27.2. The number of carbonyl (C=O) groups excluding carboxylic acids is 3. The lowest BCUT2D eigenvalue weighted by Gasteiger charge is -2.51. The summed E-state index contributed by atoms with van der Waals surface area (Å²) in [4.78, 5) is 40.0. The van der Waals surface area contributed by atoms with Crippen LogP contribution in [0.2, 0.25) is 0 Å². The third-order valence-corrected chi connectivity index (χ3v) is 8.33. The summed E-state index contributed by atoms with van der Waals surface area (Å²) in [5, 5.41) is 0. The molecule has 2 saturated heterocycles. The second-order valence-corrected chi connectivity index (χ2v) is 10.8. The number of ether oxygens (including phenoxy) is 4. The van der Waals surface area contributed by atoms with Gasteiger partial charge in [-0.25, -0.2) is 0 Å². The highest BCUT2D eigenvalue weighted by Crippen LogP contribution is 2.46. The molecule has 5 rings (SSSR count). The van der Waals surface area contributed by atoms with Crippen LogP contribution in [-0.2, 0) is 30.3 Å². The number of aryl methyl sites for hydroxylation is 1. The van der Waals surface area contributed by atoms with Crippen molar-refractivity contribution in [2.45, 2.75) is 89.1 Å². The minimum Gasteiger partial charge on any atom is -0.496 e. The second-order valence-electron chi connectivity index (χ2n) is 10.8. The van der Waals surface area contributed by atoms with Gasteiger partial charge in [-0.2, -0.15) is 0 Å². The van der Waals surface area contributed by atoms with E-state index in [-0.39, 0.29) is 36.0 Å². The van der Waals surface area contributed by atoms with Crippen LogP contribution in [0.3, 0.4) is 0 Å². The zero-order chi connectivity index (χ0) is 27.7. The molecule has 0 amide bonds. The van der Waals surface area contributed by atoms with Crippen molar-refractivity contribution < 1.29 is 33.3 Å². The molecule has 3 heterocycles. The molecule has 0 saturated carbocycles. The average Bonchev–Trinajstić information content (AvgIpc) is 2.92. The van der Waals surface area contributed by atoms with Crippen LogP contribution in [0.4, 0.5) is 0 Å². The molecule has 5 atom stereocenters. The predicted molar refractivity (Wildman–Crippen MR) is 145 cm³/mol. The molecule has 0 N–H and O–H groups in total. The Bertz CT molecular complexity index is 1260. The fourth-order valence-corrected chi connectivity index (χ4v) is 6.73. The number of Topliss-reactive ketones (excluding diaryl/α,β-unsaturated/α-hetero) is 1. The van der Waals surface area contributed by atoms with E-state index in [4.69, 9.17) is 18.9 Å². The van der Waals surface area contributed by atoms with E-state index in [2.05, 4.69) is 17.0 Å². The molecular weight excluding hydrogens is 498 g/mol. The van der Waals surface area contributed by atoms with E-state index >= 15 is 0 Å². The molecule has 0 radical (unpaired) electrons. The number of hydrogen-bond acceptors (Lipinski definition) is 8. The molecule has 3 aliphatic rings. The van der Waals surface area contributed by atoms with Crippen LogP contribution in [0.5, 0.6) is 11.5 Å². The van der Waals surface area contributed by atoms with Gasteiger partial charge in [0.15, 0.2) is 11.9 Å². The van der Waals surface area contributed by atoms with Crippen molar-refractivity contribution in [1.29, 1.82) is 0 Å². The summed E-state index contributed by atoms with van der Waals surface area (Å²) in [6.45, 7) is 2.80. The fraction of sp³-hybridized carbons (Fsp3) is 0.516. The molecule has 39 heavy (non-hydrogen) atoms. The van der Waals surface area contributed by atoms with E-state index in [1.807, 2.05) is 24.3 Å². The topological polar surface area (TPSA) is 91.4 Å². The second kappa shape index (κ2) is 11.4. The van der Waals surface area contributed by atoms with E-state index in [1.165, 1.54) is 13.8 Å². The van der Waals surface area contributed by atoms with Crippen LogP contribution in [0, 0.1) is 0 Å². The minimum absolute atomic E-state index is 0.0402. The number of benzene rings is 2. The van der Waals surface area contributed by atoms with Crippen LogP contribution in [-0.4, -0.2) is 61.1 Å². The van der Waals surface area contributed by atoms with Gasteiger partial charge in [0, 0.05) is 43.5 Å². The van der Waals surface area contributed by atoms with Gasteiger partial charge in [-0.3, -0.25) is 19.3 Å². The van der Waals surface area contributed by atoms with Gasteiger partial charge in [0.2, 0.25) is 0 Å². The van der Waals surface area contributed by atoms with E-state index in [1.54, 1.807) is 14.2 Å². The molecular formula is C31H37NO7. The lowest BCUT2D eigenvalue weighted by molar-refractivity contribution is -0.165. The Balaban J connectivity index is 1.69. The molecule has 208 valence electrons. The number of esters is 2. The largest absolute Gasteiger partial charge is 0.496 e. The Morgan fingerprint density at radius 3 is 2.21 bits per heavy atom. The van der Waals surface area contributed by atoms with E-state index < -0.39 is 12.1 Å². The van der Waals surface area contributed by atoms with Crippen molar-refractivity contribution in [3.63, 3.8) is 0 Å². The zero-order valence-electron chi connectivity index (χ0n) is 23.1. The monoisotopic (exact) mass is 535 g/mol. The molecule has 2 aromatic rings. The third kappa shape index (κ3) is 5.53. The Morgan fingerprint density at radius 1 is 0.821 bits per heavy atom. The number of piperidine rings is 2. The maximum Gasteiger partial charge on any atom is 0.303 e.